The van der Waals surface area contributed by atoms with Crippen molar-refractivity contribution in [1.29, 1.82) is 0 Å². The Labute approximate surface area is 69.9 Å². The predicted molar refractivity (Wildman–Crippen MR) is 46.5 cm³/mol. The van der Waals surface area contributed by atoms with E-state index in [1.165, 1.54) is 0 Å². The maximum atomic E-state index is 5.18. The molecule has 0 atom stereocenters. The van der Waals surface area contributed by atoms with Gasteiger partial charge in [0, 0.05) is 26.9 Å². The average molecular weight is 159 g/mol. The Balaban J connectivity index is 2.69. The van der Waals surface area contributed by atoms with E-state index >= 15 is 0 Å². The Morgan fingerprint density at radius 1 is 1.18 bits per heavy atom. The van der Waals surface area contributed by atoms with Crippen LogP contribution in [0, 0.1) is 6.42 Å². The van der Waals surface area contributed by atoms with Gasteiger partial charge in [-0.25, -0.2) is 0 Å². The Bertz CT molecular complexity index is 56.6. The molecule has 0 aliphatic carbocycles. The van der Waals surface area contributed by atoms with Gasteiger partial charge in [0.15, 0.2) is 0 Å². The molecule has 1 radical (unpaired) electrons. The smallest absolute Gasteiger partial charge is 0.0468 e. The predicted octanol–water partition coefficient (Wildman–Crippen LogP) is 2.04. The summed E-state index contributed by atoms with van der Waals surface area (Å²) < 4.78 is 10.1. The molecular weight excluding hydrogens is 140 g/mol. The monoisotopic (exact) mass is 159 g/mol. The Morgan fingerprint density at radius 3 is 2.64 bits per heavy atom. The van der Waals surface area contributed by atoms with E-state index in [1.54, 1.807) is 7.11 Å². The van der Waals surface area contributed by atoms with E-state index in [1.807, 2.05) is 6.92 Å². The van der Waals surface area contributed by atoms with Crippen LogP contribution >= 0.6 is 0 Å². The van der Waals surface area contributed by atoms with Crippen LogP contribution in [0.3, 0.4) is 0 Å². The largest absolute Gasteiger partial charge is 0.385 e. The Morgan fingerprint density at radius 2 is 2.00 bits per heavy atom. The first-order chi connectivity index (χ1) is 5.41. The van der Waals surface area contributed by atoms with Crippen LogP contribution < -0.4 is 0 Å². The topological polar surface area (TPSA) is 18.5 Å². The minimum Gasteiger partial charge on any atom is -0.385 e. The molecule has 67 valence electrons. The molecule has 0 heterocycles. The third-order valence-corrected chi connectivity index (χ3v) is 1.43. The maximum absolute atomic E-state index is 5.18. The summed E-state index contributed by atoms with van der Waals surface area (Å²) in [4.78, 5) is 0. The first kappa shape index (κ1) is 10.9. The second-order valence-corrected chi connectivity index (χ2v) is 2.41. The van der Waals surface area contributed by atoms with Crippen molar-refractivity contribution < 1.29 is 9.47 Å². The number of hydrogen-bond donors (Lipinski definition) is 0. The summed E-state index contributed by atoms with van der Waals surface area (Å²) in [5, 5.41) is 0. The maximum Gasteiger partial charge on any atom is 0.0468 e. The molecule has 0 aliphatic heterocycles. The highest BCUT2D eigenvalue weighted by molar-refractivity contribution is 4.63. The third kappa shape index (κ3) is 9.92. The molecule has 0 bridgehead atoms. The van der Waals surface area contributed by atoms with E-state index in [0.29, 0.717) is 0 Å². The molecule has 0 saturated heterocycles. The van der Waals surface area contributed by atoms with Gasteiger partial charge >= 0.3 is 0 Å². The molecule has 0 saturated carbocycles. The molecular formula is C9H19O2. The molecule has 0 aliphatic rings. The van der Waals surface area contributed by atoms with Crippen LogP contribution in [0.25, 0.3) is 0 Å². The van der Waals surface area contributed by atoms with Crippen molar-refractivity contribution in [1.82, 2.24) is 0 Å². The molecule has 0 unspecified atom stereocenters. The molecule has 0 aromatic rings. The van der Waals surface area contributed by atoms with Gasteiger partial charge < -0.3 is 9.47 Å². The summed E-state index contributed by atoms with van der Waals surface area (Å²) in [7, 11) is 1.74. The van der Waals surface area contributed by atoms with Crippen LogP contribution in [-0.2, 0) is 9.47 Å². The Hall–Kier alpha value is -0.0800. The van der Waals surface area contributed by atoms with Crippen LogP contribution in [0.2, 0.25) is 0 Å². The Kier molecular flexibility index (Phi) is 9.85. The van der Waals surface area contributed by atoms with E-state index < -0.39 is 0 Å². The number of ether oxygens (including phenoxy) is 2. The summed E-state index contributed by atoms with van der Waals surface area (Å²) in [6, 6.07) is 0. The molecule has 0 spiro atoms. The van der Waals surface area contributed by atoms with Gasteiger partial charge in [-0.1, -0.05) is 0 Å². The van der Waals surface area contributed by atoms with Crippen LogP contribution in [0.1, 0.15) is 26.2 Å². The lowest BCUT2D eigenvalue weighted by atomic mass is 10.2. The third-order valence-electron chi connectivity index (χ3n) is 1.43. The second-order valence-electron chi connectivity index (χ2n) is 2.41. The van der Waals surface area contributed by atoms with Gasteiger partial charge in [0.05, 0.1) is 0 Å². The lowest BCUT2D eigenvalue weighted by Crippen LogP contribution is -1.94. The summed E-state index contributed by atoms with van der Waals surface area (Å²) >= 11 is 0. The lowest BCUT2D eigenvalue weighted by molar-refractivity contribution is 0.148. The molecule has 0 amide bonds. The SMILES string of the molecule is CCOCC[CH]CCCOC. The van der Waals surface area contributed by atoms with E-state index in [9.17, 15) is 0 Å². The van der Waals surface area contributed by atoms with Crippen molar-refractivity contribution in [2.75, 3.05) is 26.9 Å². The van der Waals surface area contributed by atoms with Gasteiger partial charge in [-0.3, -0.25) is 0 Å². The quantitative estimate of drug-likeness (QED) is 0.505. The fourth-order valence-electron chi connectivity index (χ4n) is 0.827. The van der Waals surface area contributed by atoms with Crippen molar-refractivity contribution in [2.45, 2.75) is 26.2 Å². The van der Waals surface area contributed by atoms with E-state index in [2.05, 4.69) is 6.42 Å². The van der Waals surface area contributed by atoms with Crippen molar-refractivity contribution in [2.24, 2.45) is 0 Å². The molecule has 2 heteroatoms. The fraction of sp³-hybridized carbons (Fsp3) is 0.889. The minimum absolute atomic E-state index is 0.825. The molecule has 11 heavy (non-hydrogen) atoms. The number of hydrogen-bond acceptors (Lipinski definition) is 2. The summed E-state index contributed by atoms with van der Waals surface area (Å²) in [5.41, 5.74) is 0. The summed E-state index contributed by atoms with van der Waals surface area (Å²) in [5.74, 6) is 0. The van der Waals surface area contributed by atoms with Crippen LogP contribution in [-0.4, -0.2) is 26.9 Å². The van der Waals surface area contributed by atoms with Gasteiger partial charge in [-0.15, -0.1) is 0 Å². The van der Waals surface area contributed by atoms with Gasteiger partial charge in [-0.2, -0.15) is 0 Å². The zero-order valence-electron chi connectivity index (χ0n) is 7.64. The molecule has 0 N–H and O–H groups in total. The van der Waals surface area contributed by atoms with E-state index in [-0.39, 0.29) is 0 Å². The van der Waals surface area contributed by atoms with Crippen LogP contribution in [0.5, 0.6) is 0 Å². The number of rotatable bonds is 8. The van der Waals surface area contributed by atoms with Crippen LogP contribution in [0.15, 0.2) is 0 Å². The zero-order chi connectivity index (χ0) is 8.36. The molecule has 2 nitrogen and oxygen atoms in total. The summed E-state index contributed by atoms with van der Waals surface area (Å²) in [6.07, 6.45) is 5.59. The van der Waals surface area contributed by atoms with E-state index in [0.717, 1.165) is 39.1 Å². The van der Waals surface area contributed by atoms with Gasteiger partial charge in [0.2, 0.25) is 0 Å². The minimum atomic E-state index is 0.825. The molecule has 0 aromatic carbocycles. The molecule has 0 rings (SSSR count). The molecule has 0 aromatic heterocycles. The standard InChI is InChI=1S/C9H19O2/c1-3-11-9-7-5-4-6-8-10-2/h5H,3-4,6-9H2,1-2H3. The fourth-order valence-corrected chi connectivity index (χ4v) is 0.827. The van der Waals surface area contributed by atoms with E-state index in [4.69, 9.17) is 9.47 Å². The zero-order valence-corrected chi connectivity index (χ0v) is 7.64. The van der Waals surface area contributed by atoms with Gasteiger partial charge in [-0.05, 0) is 32.6 Å². The van der Waals surface area contributed by atoms with Gasteiger partial charge in [0.1, 0.15) is 0 Å². The first-order valence-electron chi connectivity index (χ1n) is 4.30. The van der Waals surface area contributed by atoms with Crippen molar-refractivity contribution in [3.63, 3.8) is 0 Å². The van der Waals surface area contributed by atoms with Crippen LogP contribution in [0.4, 0.5) is 0 Å². The summed E-state index contributed by atoms with van der Waals surface area (Å²) in [6.45, 7) is 4.57. The first-order valence-corrected chi connectivity index (χ1v) is 4.30. The highest BCUT2D eigenvalue weighted by Crippen LogP contribution is 1.98. The van der Waals surface area contributed by atoms with Crippen molar-refractivity contribution in [3.8, 4) is 0 Å². The normalized spacial score (nSPS) is 10.4. The highest BCUT2D eigenvalue weighted by atomic mass is 16.5. The lowest BCUT2D eigenvalue weighted by Gasteiger charge is -2.00. The number of methoxy groups -OCH3 is 1. The van der Waals surface area contributed by atoms with Gasteiger partial charge in [0.25, 0.3) is 0 Å². The average Bonchev–Trinajstić information content (AvgIpc) is 2.03. The second kappa shape index (κ2) is 9.92. The highest BCUT2D eigenvalue weighted by Gasteiger charge is 1.89. The van der Waals surface area contributed by atoms with Crippen molar-refractivity contribution in [3.05, 3.63) is 6.42 Å². The molecule has 0 fully saturated rings. The number of unbranched alkanes of at least 4 members (excludes halogenated alkanes) is 3. The van der Waals surface area contributed by atoms with Crippen molar-refractivity contribution >= 4 is 0 Å².